The fourth-order valence-electron chi connectivity index (χ4n) is 4.83. The summed E-state index contributed by atoms with van der Waals surface area (Å²) in [6, 6.07) is 22.9. The predicted octanol–water partition coefficient (Wildman–Crippen LogP) is 5.49. The van der Waals surface area contributed by atoms with Gasteiger partial charge in [-0.2, -0.15) is 9.57 Å². The van der Waals surface area contributed by atoms with Gasteiger partial charge in [-0.3, -0.25) is 0 Å². The lowest BCUT2D eigenvalue weighted by molar-refractivity contribution is 0.441. The third-order valence-electron chi connectivity index (χ3n) is 6.55. The van der Waals surface area contributed by atoms with Gasteiger partial charge in [0.1, 0.15) is 5.82 Å². The predicted molar refractivity (Wildman–Crippen MR) is 135 cm³/mol. The molecule has 0 amide bonds. The van der Waals surface area contributed by atoms with E-state index in [0.717, 1.165) is 33.3 Å². The number of nitrogens with zero attached hydrogens (tertiary/aromatic N) is 3. The van der Waals surface area contributed by atoms with Crippen LogP contribution in [-0.4, -0.2) is 30.4 Å². The van der Waals surface area contributed by atoms with E-state index >= 15 is 0 Å². The molecule has 0 spiro atoms. The highest BCUT2D eigenvalue weighted by molar-refractivity contribution is 7.89. The summed E-state index contributed by atoms with van der Waals surface area (Å²) in [5.41, 5.74) is 5.55. The van der Waals surface area contributed by atoms with Crippen molar-refractivity contribution in [1.82, 2.24) is 8.87 Å². The van der Waals surface area contributed by atoms with Gasteiger partial charge < -0.3 is 4.57 Å². The van der Waals surface area contributed by atoms with Crippen LogP contribution in [-0.2, 0) is 16.6 Å². The van der Waals surface area contributed by atoms with Crippen LogP contribution in [0.15, 0.2) is 83.8 Å². The SMILES string of the molecule is Cc1c(C2=CCN(S(=O)(=O)c3cccc(C#N)c3)CC2)c2ccccc2n1Cc1cccc(F)c1. The highest BCUT2D eigenvalue weighted by Crippen LogP contribution is 2.35. The normalized spacial score (nSPS) is 14.6. The van der Waals surface area contributed by atoms with Gasteiger partial charge in [-0.25, -0.2) is 12.8 Å². The molecule has 3 aromatic carbocycles. The Hall–Kier alpha value is -3.73. The zero-order chi connectivity index (χ0) is 24.6. The summed E-state index contributed by atoms with van der Waals surface area (Å²) < 4.78 is 43.8. The Bertz CT molecular complexity index is 1610. The van der Waals surface area contributed by atoms with Crippen LogP contribution in [0.5, 0.6) is 0 Å². The van der Waals surface area contributed by atoms with E-state index in [1.54, 1.807) is 24.3 Å². The molecule has 0 bridgehead atoms. The number of hydrogen-bond acceptors (Lipinski definition) is 3. The number of hydrogen-bond donors (Lipinski definition) is 0. The number of aromatic nitrogens is 1. The number of halogens is 1. The minimum absolute atomic E-state index is 0.135. The first-order valence-corrected chi connectivity index (χ1v) is 12.8. The van der Waals surface area contributed by atoms with Crippen molar-refractivity contribution in [2.24, 2.45) is 0 Å². The lowest BCUT2D eigenvalue weighted by Gasteiger charge is -2.26. The van der Waals surface area contributed by atoms with Gasteiger partial charge in [0.15, 0.2) is 0 Å². The lowest BCUT2D eigenvalue weighted by atomic mass is 9.97. The lowest BCUT2D eigenvalue weighted by Crippen LogP contribution is -2.34. The molecule has 7 heteroatoms. The fourth-order valence-corrected chi connectivity index (χ4v) is 6.26. The van der Waals surface area contributed by atoms with Crippen molar-refractivity contribution in [1.29, 1.82) is 5.26 Å². The van der Waals surface area contributed by atoms with Gasteiger partial charge in [0, 0.05) is 41.8 Å². The molecule has 0 saturated heterocycles. The van der Waals surface area contributed by atoms with E-state index in [1.165, 1.54) is 22.5 Å². The average Bonchev–Trinajstić information content (AvgIpc) is 3.15. The largest absolute Gasteiger partial charge is 0.340 e. The summed E-state index contributed by atoms with van der Waals surface area (Å²) in [7, 11) is -3.70. The van der Waals surface area contributed by atoms with Crippen molar-refractivity contribution in [2.45, 2.75) is 24.8 Å². The third-order valence-corrected chi connectivity index (χ3v) is 8.42. The summed E-state index contributed by atoms with van der Waals surface area (Å²) in [6.07, 6.45) is 2.56. The first-order valence-electron chi connectivity index (χ1n) is 11.4. The van der Waals surface area contributed by atoms with Crippen LogP contribution in [0.4, 0.5) is 4.39 Å². The second-order valence-corrected chi connectivity index (χ2v) is 10.6. The molecule has 176 valence electrons. The Morgan fingerprint density at radius 2 is 1.83 bits per heavy atom. The van der Waals surface area contributed by atoms with E-state index < -0.39 is 10.0 Å². The maximum absolute atomic E-state index is 13.8. The van der Waals surface area contributed by atoms with E-state index in [4.69, 9.17) is 5.26 Å². The van der Waals surface area contributed by atoms with Crippen molar-refractivity contribution in [3.8, 4) is 6.07 Å². The molecule has 1 aliphatic rings. The van der Waals surface area contributed by atoms with Gasteiger partial charge in [0.25, 0.3) is 0 Å². The summed E-state index contributed by atoms with van der Waals surface area (Å²) in [5.74, 6) is -0.256. The molecule has 0 saturated carbocycles. The van der Waals surface area contributed by atoms with E-state index in [9.17, 15) is 12.8 Å². The summed E-state index contributed by atoms with van der Waals surface area (Å²) in [4.78, 5) is 0.135. The number of rotatable bonds is 5. The molecule has 0 atom stereocenters. The van der Waals surface area contributed by atoms with Crippen LogP contribution in [0.1, 0.15) is 28.8 Å². The number of sulfonamides is 1. The van der Waals surface area contributed by atoms with Crippen LogP contribution in [0.3, 0.4) is 0 Å². The Morgan fingerprint density at radius 3 is 2.57 bits per heavy atom. The zero-order valence-electron chi connectivity index (χ0n) is 19.3. The Morgan fingerprint density at radius 1 is 1.03 bits per heavy atom. The highest BCUT2D eigenvalue weighted by atomic mass is 32.2. The van der Waals surface area contributed by atoms with Crippen molar-refractivity contribution in [3.05, 3.63) is 107 Å². The number of benzene rings is 3. The molecule has 0 aliphatic carbocycles. The first kappa shape index (κ1) is 23.0. The number of para-hydroxylation sites is 1. The maximum Gasteiger partial charge on any atom is 0.243 e. The van der Waals surface area contributed by atoms with Crippen LogP contribution in [0.2, 0.25) is 0 Å². The molecular formula is C28H24FN3O2S. The summed E-state index contributed by atoms with van der Waals surface area (Å²) >= 11 is 0. The van der Waals surface area contributed by atoms with Crippen LogP contribution < -0.4 is 0 Å². The van der Waals surface area contributed by atoms with Gasteiger partial charge in [0.05, 0.1) is 16.5 Å². The molecule has 0 fully saturated rings. The first-order chi connectivity index (χ1) is 16.9. The van der Waals surface area contributed by atoms with E-state index in [2.05, 4.69) is 23.6 Å². The average molecular weight is 486 g/mol. The minimum Gasteiger partial charge on any atom is -0.340 e. The van der Waals surface area contributed by atoms with Crippen molar-refractivity contribution in [2.75, 3.05) is 13.1 Å². The molecule has 0 radical (unpaired) electrons. The van der Waals surface area contributed by atoms with E-state index in [0.29, 0.717) is 25.1 Å². The van der Waals surface area contributed by atoms with E-state index in [-0.39, 0.29) is 17.3 Å². The molecule has 35 heavy (non-hydrogen) atoms. The standard InChI is InChI=1S/C28H24FN3O2S/c1-20-28(26-10-2-3-11-27(26)32(20)19-22-7-4-8-24(29)16-22)23-12-14-31(15-13-23)35(33,34)25-9-5-6-21(17-25)18-30/h2-12,16-17H,13-15,19H2,1H3. The monoisotopic (exact) mass is 485 g/mol. The Kier molecular flexibility index (Phi) is 6.01. The Balaban J connectivity index is 1.49. The van der Waals surface area contributed by atoms with Gasteiger partial charge in [-0.15, -0.1) is 0 Å². The van der Waals surface area contributed by atoms with Crippen molar-refractivity contribution < 1.29 is 12.8 Å². The van der Waals surface area contributed by atoms with Crippen molar-refractivity contribution >= 4 is 26.5 Å². The second kappa shape index (κ2) is 9.14. The van der Waals surface area contributed by atoms with Gasteiger partial charge >= 0.3 is 0 Å². The summed E-state index contributed by atoms with van der Waals surface area (Å²) in [5, 5.41) is 10.2. The quantitative estimate of drug-likeness (QED) is 0.376. The van der Waals surface area contributed by atoms with Gasteiger partial charge in [-0.1, -0.05) is 42.5 Å². The van der Waals surface area contributed by atoms with Gasteiger partial charge in [-0.05, 0) is 60.9 Å². The van der Waals surface area contributed by atoms with Crippen molar-refractivity contribution in [3.63, 3.8) is 0 Å². The topological polar surface area (TPSA) is 66.1 Å². The fraction of sp³-hybridized carbons (Fsp3) is 0.179. The number of fused-ring (bicyclic) bond motifs is 1. The zero-order valence-corrected chi connectivity index (χ0v) is 20.1. The molecule has 2 heterocycles. The number of nitriles is 1. The van der Waals surface area contributed by atoms with Gasteiger partial charge in [0.2, 0.25) is 10.0 Å². The molecule has 5 rings (SSSR count). The third kappa shape index (κ3) is 4.27. The minimum atomic E-state index is -3.70. The molecule has 5 nitrogen and oxygen atoms in total. The maximum atomic E-state index is 13.8. The van der Waals surface area contributed by atoms with E-state index in [1.807, 2.05) is 30.3 Å². The van der Waals surface area contributed by atoms with Crippen LogP contribution in [0.25, 0.3) is 16.5 Å². The molecular weight excluding hydrogens is 461 g/mol. The Labute approximate surface area is 204 Å². The van der Waals surface area contributed by atoms with Crippen LogP contribution >= 0.6 is 0 Å². The summed E-state index contributed by atoms with van der Waals surface area (Å²) in [6.45, 7) is 3.23. The van der Waals surface area contributed by atoms with Crippen LogP contribution in [0, 0.1) is 24.1 Å². The molecule has 1 aliphatic heterocycles. The molecule has 4 aromatic rings. The molecule has 0 N–H and O–H groups in total. The second-order valence-electron chi connectivity index (χ2n) is 8.68. The molecule has 1 aromatic heterocycles. The highest BCUT2D eigenvalue weighted by Gasteiger charge is 2.28. The molecule has 0 unspecified atom stereocenters. The smallest absolute Gasteiger partial charge is 0.243 e.